The number of rotatable bonds is 1. The molecule has 3 rings (SSSR count). The first-order chi connectivity index (χ1) is 8.25. The molecule has 0 atom stereocenters. The van der Waals surface area contributed by atoms with Crippen LogP contribution in [0.3, 0.4) is 0 Å². The van der Waals surface area contributed by atoms with Gasteiger partial charge in [-0.1, -0.05) is 18.2 Å². The number of nitrogens with two attached hydrogens (primary N) is 1. The van der Waals surface area contributed by atoms with Crippen molar-refractivity contribution in [2.75, 3.05) is 5.73 Å². The van der Waals surface area contributed by atoms with E-state index in [-0.39, 0.29) is 5.95 Å². The van der Waals surface area contributed by atoms with Gasteiger partial charge in [0.2, 0.25) is 5.95 Å². The quantitative estimate of drug-likeness (QED) is 0.684. The van der Waals surface area contributed by atoms with Gasteiger partial charge in [-0.2, -0.15) is 10.1 Å². The number of aryl methyl sites for hydroxylation is 1. The molecular formula is C12H11N5. The first-order valence-electron chi connectivity index (χ1n) is 5.29. The summed E-state index contributed by atoms with van der Waals surface area (Å²) in [4.78, 5) is 8.23. The monoisotopic (exact) mass is 225 g/mol. The Morgan fingerprint density at radius 1 is 1.18 bits per heavy atom. The first-order valence-corrected chi connectivity index (χ1v) is 5.29. The van der Waals surface area contributed by atoms with E-state index in [1.165, 1.54) is 0 Å². The molecule has 0 fully saturated rings. The zero-order valence-electron chi connectivity index (χ0n) is 9.33. The van der Waals surface area contributed by atoms with Gasteiger partial charge >= 0.3 is 0 Å². The van der Waals surface area contributed by atoms with Gasteiger partial charge in [0, 0.05) is 6.20 Å². The van der Waals surface area contributed by atoms with Crippen molar-refractivity contribution in [3.8, 4) is 5.69 Å². The molecule has 0 saturated carbocycles. The summed E-state index contributed by atoms with van der Waals surface area (Å²) < 4.78 is 1.78. The molecule has 0 spiro atoms. The maximum atomic E-state index is 5.62. The molecule has 3 aromatic rings. The van der Waals surface area contributed by atoms with E-state index in [2.05, 4.69) is 15.1 Å². The van der Waals surface area contributed by atoms with Crippen LogP contribution in [0.4, 0.5) is 5.95 Å². The van der Waals surface area contributed by atoms with Crippen LogP contribution in [0, 0.1) is 6.92 Å². The number of hydrogen-bond acceptors (Lipinski definition) is 4. The van der Waals surface area contributed by atoms with E-state index in [9.17, 15) is 0 Å². The maximum absolute atomic E-state index is 5.62. The van der Waals surface area contributed by atoms with Crippen LogP contribution in [0.2, 0.25) is 0 Å². The predicted octanol–water partition coefficient (Wildman–Crippen LogP) is 1.71. The standard InChI is InChI=1S/C12H11N5/c1-8-10-7-14-12(13)15-11(10)17(16-8)9-5-3-2-4-6-9/h2-7H,1H3,(H2,13,14,15). The SMILES string of the molecule is Cc1nn(-c2ccccc2)c2nc(N)ncc12. The van der Waals surface area contributed by atoms with E-state index in [4.69, 9.17) is 5.73 Å². The van der Waals surface area contributed by atoms with Crippen molar-refractivity contribution in [3.63, 3.8) is 0 Å². The number of para-hydroxylation sites is 1. The van der Waals surface area contributed by atoms with E-state index < -0.39 is 0 Å². The highest BCUT2D eigenvalue weighted by atomic mass is 15.3. The molecule has 0 aliphatic heterocycles. The molecule has 84 valence electrons. The third-order valence-corrected chi connectivity index (χ3v) is 2.63. The summed E-state index contributed by atoms with van der Waals surface area (Å²) in [5.74, 6) is 0.259. The molecule has 0 unspecified atom stereocenters. The highest BCUT2D eigenvalue weighted by Crippen LogP contribution is 2.19. The van der Waals surface area contributed by atoms with E-state index in [1.807, 2.05) is 37.3 Å². The molecule has 5 heteroatoms. The van der Waals surface area contributed by atoms with Crippen LogP contribution in [0.15, 0.2) is 36.5 Å². The van der Waals surface area contributed by atoms with Gasteiger partial charge in [0.05, 0.1) is 16.8 Å². The number of anilines is 1. The fraction of sp³-hybridized carbons (Fsp3) is 0.0833. The van der Waals surface area contributed by atoms with Gasteiger partial charge in [0.1, 0.15) is 0 Å². The molecule has 0 bridgehead atoms. The Bertz CT molecular complexity index is 672. The Labute approximate surface area is 97.9 Å². The van der Waals surface area contributed by atoms with Gasteiger partial charge in [-0.15, -0.1) is 0 Å². The van der Waals surface area contributed by atoms with Crippen LogP contribution in [0.5, 0.6) is 0 Å². The molecule has 2 heterocycles. The number of benzene rings is 1. The number of fused-ring (bicyclic) bond motifs is 1. The van der Waals surface area contributed by atoms with Crippen molar-refractivity contribution in [1.82, 2.24) is 19.7 Å². The third kappa shape index (κ3) is 1.52. The fourth-order valence-corrected chi connectivity index (χ4v) is 1.80. The van der Waals surface area contributed by atoms with Gasteiger partial charge < -0.3 is 5.73 Å². The zero-order chi connectivity index (χ0) is 11.8. The van der Waals surface area contributed by atoms with E-state index in [1.54, 1.807) is 10.9 Å². The summed E-state index contributed by atoms with van der Waals surface area (Å²) in [5.41, 5.74) is 8.21. The molecule has 0 radical (unpaired) electrons. The minimum Gasteiger partial charge on any atom is -0.368 e. The van der Waals surface area contributed by atoms with Gasteiger partial charge in [-0.25, -0.2) is 9.67 Å². The second-order valence-electron chi connectivity index (χ2n) is 3.80. The van der Waals surface area contributed by atoms with Crippen molar-refractivity contribution in [2.24, 2.45) is 0 Å². The second kappa shape index (κ2) is 3.55. The van der Waals surface area contributed by atoms with Gasteiger partial charge in [0.15, 0.2) is 5.65 Å². The summed E-state index contributed by atoms with van der Waals surface area (Å²) in [6, 6.07) is 9.84. The van der Waals surface area contributed by atoms with Crippen LogP contribution < -0.4 is 5.73 Å². The Morgan fingerprint density at radius 2 is 1.94 bits per heavy atom. The van der Waals surface area contributed by atoms with Crippen molar-refractivity contribution < 1.29 is 0 Å². The van der Waals surface area contributed by atoms with Crippen LogP contribution in [0.1, 0.15) is 5.69 Å². The van der Waals surface area contributed by atoms with Crippen LogP contribution in [0.25, 0.3) is 16.7 Å². The fourth-order valence-electron chi connectivity index (χ4n) is 1.80. The number of nitrogen functional groups attached to an aromatic ring is 1. The van der Waals surface area contributed by atoms with Crippen LogP contribution >= 0.6 is 0 Å². The second-order valence-corrected chi connectivity index (χ2v) is 3.80. The molecule has 0 saturated heterocycles. The Hall–Kier alpha value is -2.43. The molecule has 1 aromatic carbocycles. The number of hydrogen-bond donors (Lipinski definition) is 1. The van der Waals surface area contributed by atoms with Crippen molar-refractivity contribution in [2.45, 2.75) is 6.92 Å². The van der Waals surface area contributed by atoms with Gasteiger partial charge in [-0.05, 0) is 19.1 Å². The zero-order valence-corrected chi connectivity index (χ0v) is 9.33. The average Bonchev–Trinajstić information content (AvgIpc) is 2.67. The molecule has 0 aliphatic carbocycles. The molecule has 2 N–H and O–H groups in total. The summed E-state index contributed by atoms with van der Waals surface area (Å²) in [6.45, 7) is 1.93. The van der Waals surface area contributed by atoms with Gasteiger partial charge in [0.25, 0.3) is 0 Å². The summed E-state index contributed by atoms with van der Waals surface area (Å²) >= 11 is 0. The Kier molecular flexibility index (Phi) is 2.04. The highest BCUT2D eigenvalue weighted by Gasteiger charge is 2.10. The van der Waals surface area contributed by atoms with E-state index in [0.29, 0.717) is 0 Å². The smallest absolute Gasteiger partial charge is 0.222 e. The minimum atomic E-state index is 0.259. The lowest BCUT2D eigenvalue weighted by molar-refractivity contribution is 0.877. The normalized spacial score (nSPS) is 10.9. The lowest BCUT2D eigenvalue weighted by atomic mass is 10.3. The van der Waals surface area contributed by atoms with Crippen molar-refractivity contribution in [3.05, 3.63) is 42.2 Å². The number of nitrogens with zero attached hydrogens (tertiary/aromatic N) is 4. The van der Waals surface area contributed by atoms with Crippen LogP contribution in [-0.2, 0) is 0 Å². The molecule has 0 aliphatic rings. The topological polar surface area (TPSA) is 69.6 Å². The molecular weight excluding hydrogens is 214 g/mol. The molecule has 2 aromatic heterocycles. The lowest BCUT2D eigenvalue weighted by Gasteiger charge is -2.01. The van der Waals surface area contributed by atoms with Crippen LogP contribution in [-0.4, -0.2) is 19.7 Å². The average molecular weight is 225 g/mol. The highest BCUT2D eigenvalue weighted by molar-refractivity contribution is 5.79. The van der Waals surface area contributed by atoms with E-state index in [0.717, 1.165) is 22.4 Å². The molecule has 5 nitrogen and oxygen atoms in total. The Morgan fingerprint density at radius 3 is 2.71 bits per heavy atom. The summed E-state index contributed by atoms with van der Waals surface area (Å²) in [5, 5.41) is 5.38. The predicted molar refractivity (Wildman–Crippen MR) is 65.8 cm³/mol. The molecule has 0 amide bonds. The maximum Gasteiger partial charge on any atom is 0.222 e. The summed E-state index contributed by atoms with van der Waals surface area (Å²) in [6.07, 6.45) is 1.71. The first kappa shape index (κ1) is 9.77. The van der Waals surface area contributed by atoms with Crippen molar-refractivity contribution >= 4 is 17.0 Å². The minimum absolute atomic E-state index is 0.259. The van der Waals surface area contributed by atoms with E-state index >= 15 is 0 Å². The number of aromatic nitrogens is 4. The Balaban J connectivity index is 2.34. The van der Waals surface area contributed by atoms with Crippen molar-refractivity contribution in [1.29, 1.82) is 0 Å². The van der Waals surface area contributed by atoms with Gasteiger partial charge in [-0.3, -0.25) is 0 Å². The third-order valence-electron chi connectivity index (χ3n) is 2.63. The lowest BCUT2D eigenvalue weighted by Crippen LogP contribution is -2.00. The molecule has 17 heavy (non-hydrogen) atoms. The largest absolute Gasteiger partial charge is 0.368 e. The summed E-state index contributed by atoms with van der Waals surface area (Å²) in [7, 11) is 0.